The van der Waals surface area contributed by atoms with Gasteiger partial charge in [-0.2, -0.15) is 0 Å². The molecule has 0 saturated heterocycles. The number of ether oxygens (including phenoxy) is 4. The number of nitrogens with one attached hydrogen (secondary N) is 1. The van der Waals surface area contributed by atoms with E-state index in [1.807, 2.05) is 0 Å². The number of ketones is 1. The van der Waals surface area contributed by atoms with Gasteiger partial charge in [-0.25, -0.2) is 4.79 Å². The molecule has 0 aromatic heterocycles. The lowest BCUT2D eigenvalue weighted by atomic mass is 9.96. The molecule has 1 aromatic carbocycles. The van der Waals surface area contributed by atoms with Crippen molar-refractivity contribution in [3.05, 3.63) is 28.8 Å². The van der Waals surface area contributed by atoms with Crippen LogP contribution in [-0.2, 0) is 41.4 Å². The molecule has 0 heterocycles. The Morgan fingerprint density at radius 1 is 1.00 bits per heavy atom. The second kappa shape index (κ2) is 17.5. The van der Waals surface area contributed by atoms with Gasteiger partial charge in [0, 0.05) is 21.1 Å². The molecule has 0 spiro atoms. The molecule has 0 atom stereocenters. The van der Waals surface area contributed by atoms with Crippen molar-refractivity contribution in [1.29, 1.82) is 0 Å². The van der Waals surface area contributed by atoms with E-state index in [4.69, 9.17) is 29.6 Å². The smallest absolute Gasteiger partial charge is 0.337 e. The number of hydrazine groups is 1. The SMILES string of the molecule is CC(=O)C=O.COCCOCCc1ccc(C(=O)O)c(NN)c1CCOCCOC. The van der Waals surface area contributed by atoms with Gasteiger partial charge in [0.2, 0.25) is 0 Å². The Balaban J connectivity index is 0.00000150. The van der Waals surface area contributed by atoms with Crippen LogP contribution in [0, 0.1) is 0 Å². The Bertz CT molecular complexity index is 652. The van der Waals surface area contributed by atoms with E-state index < -0.39 is 11.8 Å². The maximum absolute atomic E-state index is 11.4. The van der Waals surface area contributed by atoms with Crippen LogP contribution in [0.15, 0.2) is 12.1 Å². The van der Waals surface area contributed by atoms with Crippen molar-refractivity contribution in [3.8, 4) is 0 Å². The molecule has 10 nitrogen and oxygen atoms in total. The molecule has 0 aliphatic heterocycles. The molecule has 4 N–H and O–H groups in total. The van der Waals surface area contributed by atoms with Crippen molar-refractivity contribution >= 4 is 23.7 Å². The first-order valence-electron chi connectivity index (χ1n) is 9.36. The maximum atomic E-state index is 11.4. The lowest BCUT2D eigenvalue weighted by Crippen LogP contribution is -2.18. The highest BCUT2D eigenvalue weighted by Gasteiger charge is 2.17. The highest BCUT2D eigenvalue weighted by Crippen LogP contribution is 2.26. The van der Waals surface area contributed by atoms with E-state index in [9.17, 15) is 14.7 Å². The fourth-order valence-electron chi connectivity index (χ4n) is 2.40. The van der Waals surface area contributed by atoms with E-state index in [2.05, 4.69) is 5.43 Å². The maximum Gasteiger partial charge on any atom is 0.337 e. The van der Waals surface area contributed by atoms with Crippen LogP contribution in [-0.4, -0.2) is 77.0 Å². The van der Waals surface area contributed by atoms with Crippen molar-refractivity contribution in [2.75, 3.05) is 59.3 Å². The first-order valence-corrected chi connectivity index (χ1v) is 9.36. The summed E-state index contributed by atoms with van der Waals surface area (Å²) in [5.74, 6) is 4.13. The summed E-state index contributed by atoms with van der Waals surface area (Å²) >= 11 is 0. The molecule has 30 heavy (non-hydrogen) atoms. The summed E-state index contributed by atoms with van der Waals surface area (Å²) in [6.07, 6.45) is 1.46. The van der Waals surface area contributed by atoms with Crippen LogP contribution in [0.1, 0.15) is 28.4 Å². The summed E-state index contributed by atoms with van der Waals surface area (Å²) in [5, 5.41) is 9.34. The van der Waals surface area contributed by atoms with Gasteiger partial charge in [0.1, 0.15) is 0 Å². The molecule has 0 amide bonds. The number of carboxylic acids is 1. The number of carboxylic acid groups (broad SMARTS) is 1. The van der Waals surface area contributed by atoms with Gasteiger partial charge in [-0.3, -0.25) is 15.4 Å². The van der Waals surface area contributed by atoms with Crippen LogP contribution in [0.2, 0.25) is 0 Å². The predicted molar refractivity (Wildman–Crippen MR) is 111 cm³/mol. The molecule has 0 radical (unpaired) electrons. The van der Waals surface area contributed by atoms with Crippen LogP contribution >= 0.6 is 0 Å². The molecule has 0 aliphatic rings. The Hall–Kier alpha value is -2.37. The summed E-state index contributed by atoms with van der Waals surface area (Å²) < 4.78 is 20.9. The molecular formula is C20H32N2O8. The standard InChI is InChI=1S/C17H28N2O6.C3H4O2/c1-22-9-11-24-7-5-13-3-4-15(17(20)21)16(19-18)14(13)6-8-25-12-10-23-2;1-3(5)2-4/h3-4,19H,5-12,18H2,1-2H3,(H,20,21);2H,1H3. The largest absolute Gasteiger partial charge is 0.478 e. The van der Waals surface area contributed by atoms with Crippen molar-refractivity contribution in [2.24, 2.45) is 5.84 Å². The van der Waals surface area contributed by atoms with E-state index in [0.29, 0.717) is 58.2 Å². The summed E-state index contributed by atoms with van der Waals surface area (Å²) in [6, 6.07) is 3.35. The van der Waals surface area contributed by atoms with Gasteiger partial charge < -0.3 is 29.5 Å². The minimum atomic E-state index is -1.03. The number of Topliss-reactive ketones (excluding diaryl/α,β-unsaturated/α-hetero) is 1. The average Bonchev–Trinajstić information content (AvgIpc) is 2.73. The first kappa shape index (κ1) is 27.6. The Morgan fingerprint density at radius 3 is 1.97 bits per heavy atom. The number of methoxy groups -OCH3 is 2. The van der Waals surface area contributed by atoms with Crippen LogP contribution in [0.5, 0.6) is 0 Å². The normalized spacial score (nSPS) is 10.1. The number of hydrogen-bond donors (Lipinski definition) is 3. The van der Waals surface area contributed by atoms with Gasteiger partial charge >= 0.3 is 5.97 Å². The number of rotatable bonds is 15. The molecule has 170 valence electrons. The average molecular weight is 428 g/mol. The lowest BCUT2D eigenvalue weighted by molar-refractivity contribution is -0.128. The zero-order valence-corrected chi connectivity index (χ0v) is 17.8. The van der Waals surface area contributed by atoms with Crippen LogP contribution in [0.4, 0.5) is 5.69 Å². The van der Waals surface area contributed by atoms with E-state index in [-0.39, 0.29) is 11.8 Å². The molecule has 0 aliphatic carbocycles. The number of nitrogens with two attached hydrogens (primary N) is 1. The Labute approximate surface area is 176 Å². The van der Waals surface area contributed by atoms with Gasteiger partial charge in [-0.15, -0.1) is 0 Å². The first-order chi connectivity index (χ1) is 14.4. The second-order valence-corrected chi connectivity index (χ2v) is 6.01. The van der Waals surface area contributed by atoms with E-state index >= 15 is 0 Å². The van der Waals surface area contributed by atoms with Crippen LogP contribution < -0.4 is 11.3 Å². The zero-order chi connectivity index (χ0) is 22.8. The summed E-state index contributed by atoms with van der Waals surface area (Å²) in [7, 11) is 3.23. The number of nitrogen functional groups attached to an aromatic ring is 1. The molecule has 0 unspecified atom stereocenters. The third-order valence-corrected chi connectivity index (χ3v) is 3.83. The monoisotopic (exact) mass is 428 g/mol. The molecule has 0 bridgehead atoms. The van der Waals surface area contributed by atoms with Crippen LogP contribution in [0.3, 0.4) is 0 Å². The zero-order valence-electron chi connectivity index (χ0n) is 17.8. The Kier molecular flexibility index (Phi) is 16.1. The molecule has 1 rings (SSSR count). The van der Waals surface area contributed by atoms with Gasteiger partial charge in [0.05, 0.1) is 50.9 Å². The fraction of sp³-hybridized carbons (Fsp3) is 0.550. The van der Waals surface area contributed by atoms with Gasteiger partial charge in [-0.1, -0.05) is 6.07 Å². The van der Waals surface area contributed by atoms with E-state index in [1.165, 1.54) is 6.92 Å². The highest BCUT2D eigenvalue weighted by molar-refractivity contribution is 6.23. The van der Waals surface area contributed by atoms with Crippen molar-refractivity contribution in [1.82, 2.24) is 0 Å². The number of benzene rings is 1. The van der Waals surface area contributed by atoms with Crippen molar-refractivity contribution < 1.29 is 38.4 Å². The summed E-state index contributed by atoms with van der Waals surface area (Å²) in [5.41, 5.74) is 4.88. The van der Waals surface area contributed by atoms with Gasteiger partial charge in [0.25, 0.3) is 0 Å². The molecule has 1 aromatic rings. The quantitative estimate of drug-likeness (QED) is 0.121. The molecule has 0 fully saturated rings. The summed E-state index contributed by atoms with van der Waals surface area (Å²) in [4.78, 5) is 30.0. The summed E-state index contributed by atoms with van der Waals surface area (Å²) in [6.45, 7) is 4.21. The fourth-order valence-corrected chi connectivity index (χ4v) is 2.40. The second-order valence-electron chi connectivity index (χ2n) is 6.01. The minimum Gasteiger partial charge on any atom is -0.478 e. The number of carbonyl (C=O) groups is 3. The van der Waals surface area contributed by atoms with E-state index in [1.54, 1.807) is 26.4 Å². The highest BCUT2D eigenvalue weighted by atomic mass is 16.5. The van der Waals surface area contributed by atoms with Crippen LogP contribution in [0.25, 0.3) is 0 Å². The lowest BCUT2D eigenvalue weighted by Gasteiger charge is -2.17. The van der Waals surface area contributed by atoms with Crippen molar-refractivity contribution in [3.63, 3.8) is 0 Å². The van der Waals surface area contributed by atoms with Crippen molar-refractivity contribution in [2.45, 2.75) is 19.8 Å². The molecular weight excluding hydrogens is 396 g/mol. The number of aromatic carboxylic acids is 1. The van der Waals surface area contributed by atoms with Gasteiger partial charge in [0.15, 0.2) is 12.1 Å². The third kappa shape index (κ3) is 11.6. The number of hydrogen-bond acceptors (Lipinski definition) is 9. The van der Waals surface area contributed by atoms with E-state index in [0.717, 1.165) is 11.1 Å². The molecule has 10 heteroatoms. The number of aldehydes is 1. The number of anilines is 1. The Morgan fingerprint density at radius 2 is 1.53 bits per heavy atom. The van der Waals surface area contributed by atoms with Gasteiger partial charge in [-0.05, 0) is 30.0 Å². The minimum absolute atomic E-state index is 0.137. The third-order valence-electron chi connectivity index (χ3n) is 3.83. The topological polar surface area (TPSA) is 146 Å². The predicted octanol–water partition coefficient (Wildman–Crippen LogP) is 0.856. The number of carbonyl (C=O) groups excluding carboxylic acids is 2. The molecule has 0 saturated carbocycles.